The number of hydrogen-bond donors (Lipinski definition) is 0. The fourth-order valence-corrected chi connectivity index (χ4v) is 4.79. The van der Waals surface area contributed by atoms with Crippen molar-refractivity contribution < 1.29 is 9.53 Å². The van der Waals surface area contributed by atoms with Crippen LogP contribution in [0.3, 0.4) is 0 Å². The van der Waals surface area contributed by atoms with E-state index in [1.165, 1.54) is 11.8 Å². The summed E-state index contributed by atoms with van der Waals surface area (Å²) in [6.45, 7) is 8.60. The molecule has 0 unspecified atom stereocenters. The third kappa shape index (κ3) is 5.63. The van der Waals surface area contributed by atoms with Gasteiger partial charge in [-0.2, -0.15) is 0 Å². The van der Waals surface area contributed by atoms with Crippen molar-refractivity contribution in [2.45, 2.75) is 46.4 Å². The zero-order valence-electron chi connectivity index (χ0n) is 17.1. The Morgan fingerprint density at radius 2 is 1.86 bits per heavy atom. The van der Waals surface area contributed by atoms with Crippen LogP contribution in [0.15, 0.2) is 58.4 Å². The average Bonchev–Trinajstić information content (AvgIpc) is 2.96. The SMILES string of the molecule is CC(C)N=C1S/C(=C/c2ccc(OCc3ccccc3)c(I)c2)C(=O)N1C(C)C. The van der Waals surface area contributed by atoms with Crippen LogP contribution in [0.1, 0.15) is 38.8 Å². The Hall–Kier alpha value is -1.80. The molecule has 1 fully saturated rings. The maximum absolute atomic E-state index is 12.9. The van der Waals surface area contributed by atoms with E-state index in [9.17, 15) is 4.79 Å². The Morgan fingerprint density at radius 1 is 1.14 bits per heavy atom. The van der Waals surface area contributed by atoms with E-state index in [4.69, 9.17) is 4.74 Å². The summed E-state index contributed by atoms with van der Waals surface area (Å²) in [4.78, 5) is 20.0. The van der Waals surface area contributed by atoms with E-state index < -0.39 is 0 Å². The van der Waals surface area contributed by atoms with Crippen LogP contribution in [0.4, 0.5) is 0 Å². The maximum atomic E-state index is 12.9. The van der Waals surface area contributed by atoms with Gasteiger partial charge in [0.25, 0.3) is 5.91 Å². The lowest BCUT2D eigenvalue weighted by Gasteiger charge is -2.20. The molecule has 1 aliphatic rings. The van der Waals surface area contributed by atoms with E-state index in [1.54, 1.807) is 4.90 Å². The van der Waals surface area contributed by atoms with Crippen molar-refractivity contribution in [2.24, 2.45) is 4.99 Å². The molecule has 1 amide bonds. The number of amides is 1. The number of halogens is 1. The van der Waals surface area contributed by atoms with Crippen molar-refractivity contribution in [3.63, 3.8) is 0 Å². The van der Waals surface area contributed by atoms with Gasteiger partial charge in [0.2, 0.25) is 0 Å². The van der Waals surface area contributed by atoms with Crippen LogP contribution in [-0.2, 0) is 11.4 Å². The quantitative estimate of drug-likeness (QED) is 0.349. The minimum Gasteiger partial charge on any atom is -0.488 e. The Morgan fingerprint density at radius 3 is 2.48 bits per heavy atom. The molecule has 0 aliphatic carbocycles. The van der Waals surface area contributed by atoms with E-state index in [1.807, 2.05) is 82.3 Å². The molecule has 1 heterocycles. The van der Waals surface area contributed by atoms with E-state index in [-0.39, 0.29) is 18.0 Å². The van der Waals surface area contributed by atoms with Gasteiger partial charge < -0.3 is 4.74 Å². The minimum absolute atomic E-state index is 0.0174. The molecule has 29 heavy (non-hydrogen) atoms. The normalized spacial score (nSPS) is 17.2. The predicted octanol–water partition coefficient (Wildman–Crippen LogP) is 5.96. The second-order valence-corrected chi connectivity index (χ2v) is 9.52. The highest BCUT2D eigenvalue weighted by Gasteiger charge is 2.35. The Balaban J connectivity index is 1.78. The zero-order valence-corrected chi connectivity index (χ0v) is 20.0. The zero-order chi connectivity index (χ0) is 21.0. The number of benzene rings is 2. The molecular formula is C23H25IN2O2S. The standard InChI is InChI=1S/C23H25IN2O2S/c1-15(2)25-23-26(16(3)4)22(27)21(29-23)13-18-10-11-20(19(24)12-18)28-14-17-8-6-5-7-9-17/h5-13,15-16H,14H2,1-4H3/b21-13+,25-23?. The number of carbonyl (C=O) groups is 1. The number of aliphatic imine (C=N–C) groups is 1. The number of ether oxygens (including phenoxy) is 1. The first kappa shape index (κ1) is 21.9. The molecular weight excluding hydrogens is 495 g/mol. The first-order valence-electron chi connectivity index (χ1n) is 9.62. The molecule has 4 nitrogen and oxygen atoms in total. The van der Waals surface area contributed by atoms with Crippen LogP contribution in [-0.4, -0.2) is 28.1 Å². The van der Waals surface area contributed by atoms with Gasteiger partial charge in [-0.05, 0) is 91.4 Å². The molecule has 1 saturated heterocycles. The second-order valence-electron chi connectivity index (χ2n) is 7.35. The Labute approximate surface area is 190 Å². The lowest BCUT2D eigenvalue weighted by Crippen LogP contribution is -2.35. The van der Waals surface area contributed by atoms with Crippen molar-refractivity contribution >= 4 is 51.5 Å². The Bertz CT molecular complexity index is 939. The van der Waals surface area contributed by atoms with Gasteiger partial charge in [0.15, 0.2) is 5.17 Å². The third-order valence-corrected chi connectivity index (χ3v) is 6.05. The highest BCUT2D eigenvalue weighted by Crippen LogP contribution is 2.35. The molecule has 0 atom stereocenters. The highest BCUT2D eigenvalue weighted by molar-refractivity contribution is 14.1. The fourth-order valence-electron chi connectivity index (χ4n) is 2.86. The van der Waals surface area contributed by atoms with Gasteiger partial charge in [-0.3, -0.25) is 14.7 Å². The largest absolute Gasteiger partial charge is 0.488 e. The topological polar surface area (TPSA) is 41.9 Å². The van der Waals surface area contributed by atoms with Crippen LogP contribution in [0.5, 0.6) is 5.75 Å². The highest BCUT2D eigenvalue weighted by atomic mass is 127. The summed E-state index contributed by atoms with van der Waals surface area (Å²) in [6, 6.07) is 16.3. The summed E-state index contributed by atoms with van der Waals surface area (Å²) in [5.74, 6) is 0.858. The van der Waals surface area contributed by atoms with Crippen LogP contribution in [0.25, 0.3) is 6.08 Å². The summed E-state index contributed by atoms with van der Waals surface area (Å²) in [5.41, 5.74) is 2.11. The molecule has 3 rings (SSSR count). The molecule has 0 aromatic heterocycles. The van der Waals surface area contributed by atoms with Crippen molar-refractivity contribution in [3.05, 3.63) is 68.1 Å². The number of rotatable bonds is 6. The summed E-state index contributed by atoms with van der Waals surface area (Å²) >= 11 is 3.72. The van der Waals surface area contributed by atoms with E-state index in [0.717, 1.165) is 25.6 Å². The first-order valence-corrected chi connectivity index (χ1v) is 11.5. The number of thioether (sulfide) groups is 1. The molecule has 0 saturated carbocycles. The van der Waals surface area contributed by atoms with Gasteiger partial charge in [0.05, 0.1) is 8.48 Å². The first-order chi connectivity index (χ1) is 13.8. The van der Waals surface area contributed by atoms with Crippen molar-refractivity contribution in [1.29, 1.82) is 0 Å². The monoisotopic (exact) mass is 520 g/mol. The summed E-state index contributed by atoms with van der Waals surface area (Å²) in [7, 11) is 0. The van der Waals surface area contributed by atoms with E-state index in [0.29, 0.717) is 11.5 Å². The van der Waals surface area contributed by atoms with Gasteiger partial charge in [-0.15, -0.1) is 0 Å². The van der Waals surface area contributed by atoms with E-state index >= 15 is 0 Å². The molecule has 0 bridgehead atoms. The molecule has 6 heteroatoms. The van der Waals surface area contributed by atoms with Crippen LogP contribution in [0.2, 0.25) is 0 Å². The molecule has 0 spiro atoms. The van der Waals surface area contributed by atoms with Crippen molar-refractivity contribution in [2.75, 3.05) is 0 Å². The van der Waals surface area contributed by atoms with Gasteiger partial charge in [-0.25, -0.2) is 0 Å². The number of hydrogen-bond acceptors (Lipinski definition) is 4. The van der Waals surface area contributed by atoms with Gasteiger partial charge in [0, 0.05) is 12.1 Å². The van der Waals surface area contributed by atoms with Crippen LogP contribution < -0.4 is 4.74 Å². The lowest BCUT2D eigenvalue weighted by atomic mass is 10.2. The van der Waals surface area contributed by atoms with Crippen molar-refractivity contribution in [1.82, 2.24) is 4.90 Å². The molecule has 2 aromatic carbocycles. The average molecular weight is 520 g/mol. The maximum Gasteiger partial charge on any atom is 0.266 e. The number of nitrogens with zero attached hydrogens (tertiary/aromatic N) is 2. The lowest BCUT2D eigenvalue weighted by molar-refractivity contribution is -0.123. The molecule has 2 aromatic rings. The third-order valence-electron chi connectivity index (χ3n) is 4.21. The smallest absolute Gasteiger partial charge is 0.266 e. The summed E-state index contributed by atoms with van der Waals surface area (Å²) < 4.78 is 6.96. The van der Waals surface area contributed by atoms with Crippen molar-refractivity contribution in [3.8, 4) is 5.75 Å². The van der Waals surface area contributed by atoms with Crippen LogP contribution >= 0.6 is 34.4 Å². The number of carbonyl (C=O) groups excluding carboxylic acids is 1. The van der Waals surface area contributed by atoms with Gasteiger partial charge >= 0.3 is 0 Å². The molecule has 152 valence electrons. The molecule has 1 aliphatic heterocycles. The Kier molecular flexibility index (Phi) is 7.40. The summed E-state index contributed by atoms with van der Waals surface area (Å²) in [6.07, 6.45) is 1.94. The number of amidine groups is 1. The predicted molar refractivity (Wildman–Crippen MR) is 130 cm³/mol. The molecule has 0 N–H and O–H groups in total. The van der Waals surface area contributed by atoms with Gasteiger partial charge in [0.1, 0.15) is 12.4 Å². The minimum atomic E-state index is 0.0174. The van der Waals surface area contributed by atoms with Gasteiger partial charge in [-0.1, -0.05) is 36.4 Å². The summed E-state index contributed by atoms with van der Waals surface area (Å²) in [5, 5.41) is 0.781. The van der Waals surface area contributed by atoms with E-state index in [2.05, 4.69) is 27.6 Å². The second kappa shape index (κ2) is 9.80. The molecule has 0 radical (unpaired) electrons. The van der Waals surface area contributed by atoms with Crippen LogP contribution in [0, 0.1) is 3.57 Å². The fraction of sp³-hybridized carbons (Fsp3) is 0.304.